The fourth-order valence-electron chi connectivity index (χ4n) is 3.45. The predicted octanol–water partition coefficient (Wildman–Crippen LogP) is 2.91. The van der Waals surface area contributed by atoms with Crippen LogP contribution in [0.15, 0.2) is 35.5 Å². The van der Waals surface area contributed by atoms with E-state index in [1.54, 1.807) is 30.5 Å². The molecule has 1 amide bonds. The molecule has 0 spiro atoms. The van der Waals surface area contributed by atoms with E-state index in [1.165, 1.54) is 17.0 Å². The van der Waals surface area contributed by atoms with Crippen molar-refractivity contribution < 1.29 is 9.18 Å². The first-order valence-electron chi connectivity index (χ1n) is 10.8. The average Bonchev–Trinajstić information content (AvgIpc) is 3.26. The zero-order valence-corrected chi connectivity index (χ0v) is 21.8. The van der Waals surface area contributed by atoms with Gasteiger partial charge in [0, 0.05) is 75.9 Å². The van der Waals surface area contributed by atoms with Crippen LogP contribution in [0.25, 0.3) is 0 Å². The zero-order valence-electron chi connectivity index (χ0n) is 18.6. The van der Waals surface area contributed by atoms with Crippen LogP contribution < -0.4 is 15.5 Å². The Bertz CT molecular complexity index is 868. The Morgan fingerprint density at radius 3 is 2.47 bits per heavy atom. The van der Waals surface area contributed by atoms with Crippen LogP contribution >= 0.6 is 35.3 Å². The largest absolute Gasteiger partial charge is 0.368 e. The number of aryl methyl sites for hydroxylation is 1. The normalized spacial score (nSPS) is 14.2. The van der Waals surface area contributed by atoms with Gasteiger partial charge >= 0.3 is 0 Å². The Balaban J connectivity index is 0.00000363. The van der Waals surface area contributed by atoms with Gasteiger partial charge in [0.2, 0.25) is 5.91 Å². The molecule has 0 unspecified atom stereocenters. The molecule has 1 aromatic heterocycles. The van der Waals surface area contributed by atoms with E-state index in [1.807, 2.05) is 11.1 Å². The summed E-state index contributed by atoms with van der Waals surface area (Å²) in [6, 6.07) is 6.51. The number of piperazine rings is 1. The maximum absolute atomic E-state index is 13.1. The summed E-state index contributed by atoms with van der Waals surface area (Å²) in [6.07, 6.45) is 4.23. The molecule has 32 heavy (non-hydrogen) atoms. The molecule has 1 saturated heterocycles. The highest BCUT2D eigenvalue weighted by molar-refractivity contribution is 14.0. The number of carbonyl (C=O) groups is 1. The van der Waals surface area contributed by atoms with Crippen molar-refractivity contribution in [2.24, 2.45) is 4.99 Å². The van der Waals surface area contributed by atoms with Crippen LogP contribution in [0.3, 0.4) is 0 Å². The minimum absolute atomic E-state index is 0. The second-order valence-corrected chi connectivity index (χ2v) is 8.54. The number of hydrogen-bond acceptors (Lipinski definition) is 5. The summed E-state index contributed by atoms with van der Waals surface area (Å²) in [5.74, 6) is 0.598. The van der Waals surface area contributed by atoms with E-state index in [2.05, 4.69) is 32.4 Å². The number of nitrogens with one attached hydrogen (secondary N) is 2. The number of benzene rings is 1. The monoisotopic (exact) mass is 574 g/mol. The Kier molecular flexibility index (Phi) is 11.1. The van der Waals surface area contributed by atoms with Crippen LogP contribution in [-0.4, -0.2) is 68.1 Å². The lowest BCUT2D eigenvalue weighted by molar-refractivity contribution is -0.131. The number of hydrogen-bond donors (Lipinski definition) is 2. The Morgan fingerprint density at radius 2 is 1.84 bits per heavy atom. The molecule has 1 aliphatic rings. The zero-order chi connectivity index (χ0) is 22.1. The third-order valence-corrected chi connectivity index (χ3v) is 6.46. The van der Waals surface area contributed by atoms with Gasteiger partial charge in [-0.3, -0.25) is 9.79 Å². The molecule has 0 saturated carbocycles. The van der Waals surface area contributed by atoms with E-state index >= 15 is 0 Å². The number of rotatable bonds is 8. The molecule has 10 heteroatoms. The molecular weight excluding hydrogens is 542 g/mol. The van der Waals surface area contributed by atoms with Crippen molar-refractivity contribution >= 4 is 52.9 Å². The maximum atomic E-state index is 13.1. The third-order valence-electron chi connectivity index (χ3n) is 5.26. The second-order valence-electron chi connectivity index (χ2n) is 7.34. The standard InChI is InChI=1S/C22H31FN6OS.HI/c1-3-19-16-27-20(31-19)8-10-25-22(24-2)26-11-9-21(30)29-14-12-28(13-15-29)18-6-4-17(23)5-7-18;/h4-7,16H,3,8-15H2,1-2H3,(H2,24,25,26);1H. The van der Waals surface area contributed by atoms with Crippen molar-refractivity contribution in [3.63, 3.8) is 0 Å². The average molecular weight is 575 g/mol. The van der Waals surface area contributed by atoms with E-state index in [0.29, 0.717) is 32.0 Å². The van der Waals surface area contributed by atoms with Gasteiger partial charge < -0.3 is 20.4 Å². The number of aromatic nitrogens is 1. The third kappa shape index (κ3) is 7.88. The Morgan fingerprint density at radius 1 is 1.16 bits per heavy atom. The van der Waals surface area contributed by atoms with E-state index in [-0.39, 0.29) is 35.7 Å². The lowest BCUT2D eigenvalue weighted by Crippen LogP contribution is -2.49. The fourth-order valence-corrected chi connectivity index (χ4v) is 4.31. The summed E-state index contributed by atoms with van der Waals surface area (Å²) in [5, 5.41) is 7.60. The number of thiazole rings is 1. The van der Waals surface area contributed by atoms with Crippen molar-refractivity contribution in [1.29, 1.82) is 0 Å². The van der Waals surface area contributed by atoms with Crippen LogP contribution in [0.4, 0.5) is 10.1 Å². The predicted molar refractivity (Wildman–Crippen MR) is 140 cm³/mol. The molecule has 2 aromatic rings. The van der Waals surface area contributed by atoms with Gasteiger partial charge in [0.25, 0.3) is 0 Å². The molecule has 0 atom stereocenters. The number of guanidine groups is 1. The number of anilines is 1. The molecule has 176 valence electrons. The van der Waals surface area contributed by atoms with Crippen molar-refractivity contribution in [3.05, 3.63) is 46.2 Å². The first-order chi connectivity index (χ1) is 15.1. The summed E-state index contributed by atoms with van der Waals surface area (Å²) < 4.78 is 13.1. The van der Waals surface area contributed by atoms with E-state index in [4.69, 9.17) is 0 Å². The van der Waals surface area contributed by atoms with Gasteiger partial charge in [-0.2, -0.15) is 0 Å². The number of aliphatic imine (C=N–C) groups is 1. The minimum Gasteiger partial charge on any atom is -0.368 e. The molecule has 1 fully saturated rings. The molecular formula is C22H32FIN6OS. The molecule has 0 bridgehead atoms. The number of amides is 1. The summed E-state index contributed by atoms with van der Waals surface area (Å²) in [5.41, 5.74) is 0.994. The summed E-state index contributed by atoms with van der Waals surface area (Å²) in [6.45, 7) is 6.28. The molecule has 2 N–H and O–H groups in total. The molecule has 1 aromatic carbocycles. The topological polar surface area (TPSA) is 72.9 Å². The number of halogens is 2. The highest BCUT2D eigenvalue weighted by atomic mass is 127. The first-order valence-corrected chi connectivity index (χ1v) is 11.6. The van der Waals surface area contributed by atoms with Crippen molar-refractivity contribution in [3.8, 4) is 0 Å². The van der Waals surface area contributed by atoms with Crippen molar-refractivity contribution in [1.82, 2.24) is 20.5 Å². The SMILES string of the molecule is CCc1cnc(CCNC(=NC)NCCC(=O)N2CCN(c3ccc(F)cc3)CC2)s1.I. The van der Waals surface area contributed by atoms with Gasteiger partial charge in [-0.15, -0.1) is 35.3 Å². The van der Waals surface area contributed by atoms with Crippen LogP contribution in [0.5, 0.6) is 0 Å². The molecule has 1 aliphatic heterocycles. The molecule has 7 nitrogen and oxygen atoms in total. The molecule has 3 rings (SSSR count). The van der Waals surface area contributed by atoms with Crippen LogP contribution in [-0.2, 0) is 17.6 Å². The van der Waals surface area contributed by atoms with E-state index in [9.17, 15) is 9.18 Å². The van der Waals surface area contributed by atoms with Crippen molar-refractivity contribution in [2.75, 3.05) is 51.2 Å². The van der Waals surface area contributed by atoms with Gasteiger partial charge in [0.05, 0.1) is 5.01 Å². The summed E-state index contributed by atoms with van der Waals surface area (Å²) >= 11 is 1.75. The lowest BCUT2D eigenvalue weighted by Gasteiger charge is -2.36. The fraction of sp³-hybridized carbons (Fsp3) is 0.500. The smallest absolute Gasteiger partial charge is 0.224 e. The van der Waals surface area contributed by atoms with E-state index < -0.39 is 0 Å². The number of carbonyl (C=O) groups excluding carboxylic acids is 1. The van der Waals surface area contributed by atoms with Crippen LogP contribution in [0.2, 0.25) is 0 Å². The Hall–Kier alpha value is -1.95. The highest BCUT2D eigenvalue weighted by Crippen LogP contribution is 2.17. The van der Waals surface area contributed by atoms with Gasteiger partial charge in [0.1, 0.15) is 5.82 Å². The van der Waals surface area contributed by atoms with E-state index in [0.717, 1.165) is 43.2 Å². The molecule has 0 radical (unpaired) electrons. The molecule has 2 heterocycles. The van der Waals surface area contributed by atoms with Crippen LogP contribution in [0, 0.1) is 5.82 Å². The quantitative estimate of drug-likeness (QED) is 0.288. The summed E-state index contributed by atoms with van der Waals surface area (Å²) in [4.78, 5) is 26.6. The minimum atomic E-state index is -0.233. The van der Waals surface area contributed by atoms with Crippen molar-refractivity contribution in [2.45, 2.75) is 26.2 Å². The highest BCUT2D eigenvalue weighted by Gasteiger charge is 2.21. The van der Waals surface area contributed by atoms with Gasteiger partial charge in [-0.25, -0.2) is 9.37 Å². The maximum Gasteiger partial charge on any atom is 0.224 e. The van der Waals surface area contributed by atoms with Gasteiger partial charge in [-0.05, 0) is 30.7 Å². The van der Waals surface area contributed by atoms with Crippen LogP contribution in [0.1, 0.15) is 23.2 Å². The van der Waals surface area contributed by atoms with Gasteiger partial charge in [0.15, 0.2) is 5.96 Å². The lowest BCUT2D eigenvalue weighted by atomic mass is 10.2. The second kappa shape index (κ2) is 13.6. The summed E-state index contributed by atoms with van der Waals surface area (Å²) in [7, 11) is 1.73. The first kappa shape index (κ1) is 26.3. The Labute approximate surface area is 210 Å². The number of nitrogens with zero attached hydrogens (tertiary/aromatic N) is 4. The molecule has 0 aliphatic carbocycles. The van der Waals surface area contributed by atoms with Gasteiger partial charge in [-0.1, -0.05) is 6.92 Å².